The van der Waals surface area contributed by atoms with Crippen LogP contribution in [0.15, 0.2) is 35.9 Å². The molecule has 98 valence electrons. The van der Waals surface area contributed by atoms with Gasteiger partial charge in [0.1, 0.15) is 12.4 Å². The molecule has 0 saturated heterocycles. The predicted octanol–water partition coefficient (Wildman–Crippen LogP) is 3.44. The molecule has 0 spiro atoms. The molecular weight excluding hydrogens is 228 g/mol. The van der Waals surface area contributed by atoms with Crippen LogP contribution in [0.3, 0.4) is 0 Å². The van der Waals surface area contributed by atoms with Crippen molar-refractivity contribution in [3.8, 4) is 5.75 Å². The Labute approximate surface area is 108 Å². The first-order chi connectivity index (χ1) is 8.67. The van der Waals surface area contributed by atoms with Crippen LogP contribution in [0.25, 0.3) is 0 Å². The Kier molecular flexibility index (Phi) is 5.98. The van der Waals surface area contributed by atoms with Gasteiger partial charge in [0.25, 0.3) is 0 Å². The number of hydrogen-bond donors (Lipinski definition) is 1. The molecule has 0 aliphatic rings. The number of rotatable bonds is 7. The summed E-state index contributed by atoms with van der Waals surface area (Å²) < 4.78 is 5.48. The molecule has 0 atom stereocenters. The van der Waals surface area contributed by atoms with Crippen molar-refractivity contribution in [3.63, 3.8) is 0 Å². The van der Waals surface area contributed by atoms with Gasteiger partial charge in [-0.05, 0) is 36.6 Å². The van der Waals surface area contributed by atoms with Gasteiger partial charge >= 0.3 is 5.97 Å². The van der Waals surface area contributed by atoms with Crippen molar-refractivity contribution in [2.45, 2.75) is 33.1 Å². The molecule has 0 aliphatic carbocycles. The first-order valence-corrected chi connectivity index (χ1v) is 6.31. The maximum atomic E-state index is 10.8. The normalized spacial score (nSPS) is 11.3. The van der Waals surface area contributed by atoms with Crippen LogP contribution in [-0.4, -0.2) is 17.7 Å². The average molecular weight is 248 g/mol. The van der Waals surface area contributed by atoms with Crippen LogP contribution >= 0.6 is 0 Å². The minimum absolute atomic E-state index is 0.294. The van der Waals surface area contributed by atoms with Crippen LogP contribution in [-0.2, 0) is 11.2 Å². The van der Waals surface area contributed by atoms with E-state index >= 15 is 0 Å². The lowest BCUT2D eigenvalue weighted by Crippen LogP contribution is -2.02. The molecule has 0 bridgehead atoms. The molecule has 3 nitrogen and oxygen atoms in total. The standard InChI is InChI=1S/C15H20O3/c1-3-5-12-6-8-14(9-7-12)18-11-10-13(4-2)15(16)17/h6-10H,3-5,11H2,1-2H3,(H,16,17). The fourth-order valence-corrected chi connectivity index (χ4v) is 1.66. The molecule has 18 heavy (non-hydrogen) atoms. The van der Waals surface area contributed by atoms with Crippen molar-refractivity contribution < 1.29 is 14.6 Å². The van der Waals surface area contributed by atoms with E-state index in [4.69, 9.17) is 9.84 Å². The van der Waals surface area contributed by atoms with Gasteiger partial charge in [-0.25, -0.2) is 4.79 Å². The molecule has 0 saturated carbocycles. The van der Waals surface area contributed by atoms with Crippen LogP contribution in [0.2, 0.25) is 0 Å². The zero-order valence-corrected chi connectivity index (χ0v) is 11.0. The Balaban J connectivity index is 2.51. The Morgan fingerprint density at radius 3 is 2.44 bits per heavy atom. The quantitative estimate of drug-likeness (QED) is 0.752. The van der Waals surface area contributed by atoms with Gasteiger partial charge in [0, 0.05) is 5.57 Å². The third-order valence-electron chi connectivity index (χ3n) is 2.70. The monoisotopic (exact) mass is 248 g/mol. The van der Waals surface area contributed by atoms with Crippen LogP contribution in [0.1, 0.15) is 32.3 Å². The summed E-state index contributed by atoms with van der Waals surface area (Å²) in [5.74, 6) is -0.105. The van der Waals surface area contributed by atoms with Crippen LogP contribution in [0, 0.1) is 0 Å². The minimum atomic E-state index is -0.876. The van der Waals surface area contributed by atoms with Crippen molar-refractivity contribution in [1.29, 1.82) is 0 Å². The van der Waals surface area contributed by atoms with E-state index < -0.39 is 5.97 Å². The summed E-state index contributed by atoms with van der Waals surface area (Å²) in [5, 5.41) is 8.84. The third kappa shape index (κ3) is 4.62. The second-order valence-corrected chi connectivity index (χ2v) is 4.09. The number of benzene rings is 1. The smallest absolute Gasteiger partial charge is 0.331 e. The highest BCUT2D eigenvalue weighted by molar-refractivity contribution is 5.86. The first kappa shape index (κ1) is 14.3. The summed E-state index contributed by atoms with van der Waals surface area (Å²) in [6, 6.07) is 7.93. The van der Waals surface area contributed by atoms with Gasteiger partial charge in [0.2, 0.25) is 0 Å². The van der Waals surface area contributed by atoms with Crippen molar-refractivity contribution in [3.05, 3.63) is 41.5 Å². The van der Waals surface area contributed by atoms with Crippen LogP contribution < -0.4 is 4.74 Å². The number of aryl methyl sites for hydroxylation is 1. The van der Waals surface area contributed by atoms with Gasteiger partial charge in [-0.15, -0.1) is 0 Å². The Hall–Kier alpha value is -1.77. The second kappa shape index (κ2) is 7.54. The lowest BCUT2D eigenvalue weighted by molar-refractivity contribution is -0.132. The number of carbonyl (C=O) groups is 1. The summed E-state index contributed by atoms with van der Waals surface area (Å²) in [6.07, 6.45) is 4.32. The SMILES string of the molecule is CCCc1ccc(OCC=C(CC)C(=O)O)cc1. The zero-order chi connectivity index (χ0) is 13.4. The van der Waals surface area contributed by atoms with Gasteiger partial charge in [-0.3, -0.25) is 0 Å². The Bertz CT molecular complexity index is 404. The fraction of sp³-hybridized carbons (Fsp3) is 0.400. The Morgan fingerprint density at radius 1 is 1.28 bits per heavy atom. The van der Waals surface area contributed by atoms with E-state index in [0.717, 1.165) is 18.6 Å². The van der Waals surface area contributed by atoms with Crippen molar-refractivity contribution >= 4 is 5.97 Å². The number of carboxylic acid groups (broad SMARTS) is 1. The van der Waals surface area contributed by atoms with E-state index in [1.807, 2.05) is 31.2 Å². The molecule has 1 rings (SSSR count). The highest BCUT2D eigenvalue weighted by Gasteiger charge is 2.03. The lowest BCUT2D eigenvalue weighted by Gasteiger charge is -2.05. The molecule has 1 aromatic rings. The number of carboxylic acids is 1. The van der Waals surface area contributed by atoms with Gasteiger partial charge in [0.15, 0.2) is 0 Å². The molecule has 0 radical (unpaired) electrons. The van der Waals surface area contributed by atoms with Gasteiger partial charge < -0.3 is 9.84 Å². The summed E-state index contributed by atoms with van der Waals surface area (Å²) >= 11 is 0. The predicted molar refractivity (Wildman–Crippen MR) is 71.9 cm³/mol. The van der Waals surface area contributed by atoms with Gasteiger partial charge in [0.05, 0.1) is 0 Å². The topological polar surface area (TPSA) is 46.5 Å². The molecule has 0 amide bonds. The molecule has 0 aromatic heterocycles. The summed E-state index contributed by atoms with van der Waals surface area (Å²) in [7, 11) is 0. The maximum absolute atomic E-state index is 10.8. The minimum Gasteiger partial charge on any atom is -0.490 e. The van der Waals surface area contributed by atoms with Gasteiger partial charge in [-0.1, -0.05) is 32.4 Å². The van der Waals surface area contributed by atoms with E-state index in [0.29, 0.717) is 18.6 Å². The number of hydrogen-bond acceptors (Lipinski definition) is 2. The van der Waals surface area contributed by atoms with Crippen molar-refractivity contribution in [1.82, 2.24) is 0 Å². The zero-order valence-electron chi connectivity index (χ0n) is 11.0. The molecule has 0 aliphatic heterocycles. The Morgan fingerprint density at radius 2 is 1.94 bits per heavy atom. The molecule has 0 heterocycles. The number of aliphatic carboxylic acids is 1. The van der Waals surface area contributed by atoms with Crippen molar-refractivity contribution in [2.24, 2.45) is 0 Å². The lowest BCUT2D eigenvalue weighted by atomic mass is 10.1. The third-order valence-corrected chi connectivity index (χ3v) is 2.70. The molecule has 0 fully saturated rings. The molecular formula is C15H20O3. The number of ether oxygens (including phenoxy) is 1. The molecule has 1 aromatic carbocycles. The van der Waals surface area contributed by atoms with Gasteiger partial charge in [-0.2, -0.15) is 0 Å². The molecule has 3 heteroatoms. The largest absolute Gasteiger partial charge is 0.490 e. The fourth-order valence-electron chi connectivity index (χ4n) is 1.66. The highest BCUT2D eigenvalue weighted by atomic mass is 16.5. The van der Waals surface area contributed by atoms with Crippen LogP contribution in [0.4, 0.5) is 0 Å². The van der Waals surface area contributed by atoms with E-state index in [1.54, 1.807) is 6.08 Å². The first-order valence-electron chi connectivity index (χ1n) is 6.31. The summed E-state index contributed by atoms with van der Waals surface area (Å²) in [5.41, 5.74) is 1.68. The highest BCUT2D eigenvalue weighted by Crippen LogP contribution is 2.13. The second-order valence-electron chi connectivity index (χ2n) is 4.09. The van der Waals surface area contributed by atoms with E-state index in [1.165, 1.54) is 5.56 Å². The van der Waals surface area contributed by atoms with Crippen molar-refractivity contribution in [2.75, 3.05) is 6.61 Å². The summed E-state index contributed by atoms with van der Waals surface area (Å²) in [6.45, 7) is 4.26. The molecule has 0 unspecified atom stereocenters. The molecule has 1 N–H and O–H groups in total. The van der Waals surface area contributed by atoms with Crippen LogP contribution in [0.5, 0.6) is 5.75 Å². The average Bonchev–Trinajstić information content (AvgIpc) is 2.36. The maximum Gasteiger partial charge on any atom is 0.331 e. The van der Waals surface area contributed by atoms with E-state index in [-0.39, 0.29) is 0 Å². The summed E-state index contributed by atoms with van der Waals surface area (Å²) in [4.78, 5) is 10.8. The van der Waals surface area contributed by atoms with E-state index in [2.05, 4.69) is 6.92 Å². The van der Waals surface area contributed by atoms with E-state index in [9.17, 15) is 4.79 Å².